The molecule has 0 aliphatic carbocycles. The summed E-state index contributed by atoms with van der Waals surface area (Å²) in [4.78, 5) is 32.8. The summed E-state index contributed by atoms with van der Waals surface area (Å²) in [6.45, 7) is 1.90. The molecular formula is C16H13N3O3. The quantitative estimate of drug-likeness (QED) is 0.690. The predicted octanol–water partition coefficient (Wildman–Crippen LogP) is 1.96. The van der Waals surface area contributed by atoms with Crippen molar-refractivity contribution in [3.63, 3.8) is 0 Å². The van der Waals surface area contributed by atoms with E-state index < -0.39 is 5.97 Å². The molecule has 0 saturated heterocycles. The van der Waals surface area contributed by atoms with Crippen molar-refractivity contribution < 1.29 is 9.53 Å². The first-order valence-corrected chi connectivity index (χ1v) is 6.80. The van der Waals surface area contributed by atoms with E-state index in [1.165, 1.54) is 6.20 Å². The summed E-state index contributed by atoms with van der Waals surface area (Å²) < 4.78 is 6.62. The number of fused-ring (bicyclic) bond motifs is 1. The zero-order chi connectivity index (χ0) is 15.5. The molecule has 0 N–H and O–H groups in total. The average Bonchev–Trinajstić information content (AvgIpc) is 2.56. The minimum Gasteiger partial charge on any atom is -0.462 e. The van der Waals surface area contributed by atoms with Crippen LogP contribution in [0.4, 0.5) is 0 Å². The Balaban J connectivity index is 2.34. The average molecular weight is 295 g/mol. The fraction of sp³-hybridized carbons (Fsp3) is 0.125. The highest BCUT2D eigenvalue weighted by molar-refractivity contribution is 5.93. The predicted molar refractivity (Wildman–Crippen MR) is 81.1 cm³/mol. The highest BCUT2D eigenvalue weighted by Gasteiger charge is 2.17. The van der Waals surface area contributed by atoms with Crippen molar-refractivity contribution in [2.24, 2.45) is 0 Å². The van der Waals surface area contributed by atoms with Crippen LogP contribution in [0.3, 0.4) is 0 Å². The lowest BCUT2D eigenvalue weighted by molar-refractivity contribution is 0.0524. The number of carbonyl (C=O) groups excluding carboxylic acids is 1. The lowest BCUT2D eigenvalue weighted by Gasteiger charge is -2.11. The van der Waals surface area contributed by atoms with Crippen molar-refractivity contribution in [1.82, 2.24) is 14.5 Å². The zero-order valence-electron chi connectivity index (χ0n) is 11.9. The fourth-order valence-corrected chi connectivity index (χ4v) is 2.21. The molecule has 0 fully saturated rings. The second-order valence-electron chi connectivity index (χ2n) is 4.55. The van der Waals surface area contributed by atoms with Gasteiger partial charge in [0.15, 0.2) is 0 Å². The van der Waals surface area contributed by atoms with Crippen LogP contribution in [0.1, 0.15) is 17.3 Å². The molecule has 0 saturated carbocycles. The molecule has 6 nitrogen and oxygen atoms in total. The summed E-state index contributed by atoms with van der Waals surface area (Å²) in [6, 6.07) is 6.89. The molecule has 0 aliphatic rings. The number of hydrogen-bond donors (Lipinski definition) is 0. The Bertz CT molecular complexity index is 888. The van der Waals surface area contributed by atoms with Crippen LogP contribution in [-0.2, 0) is 4.74 Å². The molecule has 110 valence electrons. The molecule has 0 bridgehead atoms. The molecule has 22 heavy (non-hydrogen) atoms. The van der Waals surface area contributed by atoms with Gasteiger partial charge in [0.2, 0.25) is 5.43 Å². The topological polar surface area (TPSA) is 74.1 Å². The molecule has 0 unspecified atom stereocenters. The Morgan fingerprint density at radius 1 is 1.27 bits per heavy atom. The Labute approximate surface area is 126 Å². The fourth-order valence-electron chi connectivity index (χ4n) is 2.21. The maximum atomic E-state index is 12.5. The van der Waals surface area contributed by atoms with E-state index in [-0.39, 0.29) is 17.6 Å². The number of esters is 1. The van der Waals surface area contributed by atoms with Crippen LogP contribution in [0.15, 0.2) is 53.8 Å². The van der Waals surface area contributed by atoms with E-state index in [4.69, 9.17) is 4.74 Å². The Hall–Kier alpha value is -3.02. The summed E-state index contributed by atoms with van der Waals surface area (Å²) in [5, 5.41) is 0.358. The third-order valence-electron chi connectivity index (χ3n) is 3.18. The Morgan fingerprint density at radius 3 is 2.82 bits per heavy atom. The Kier molecular flexibility index (Phi) is 3.65. The molecule has 3 aromatic heterocycles. The third-order valence-corrected chi connectivity index (χ3v) is 3.18. The van der Waals surface area contributed by atoms with E-state index in [0.29, 0.717) is 16.7 Å². The smallest absolute Gasteiger partial charge is 0.343 e. The highest BCUT2D eigenvalue weighted by atomic mass is 16.5. The van der Waals surface area contributed by atoms with Crippen LogP contribution < -0.4 is 5.43 Å². The monoisotopic (exact) mass is 295 g/mol. The molecule has 0 radical (unpaired) electrons. The molecule has 3 heterocycles. The lowest BCUT2D eigenvalue weighted by atomic mass is 10.2. The van der Waals surface area contributed by atoms with Crippen molar-refractivity contribution in [3.8, 4) is 5.69 Å². The van der Waals surface area contributed by atoms with Crippen LogP contribution in [0.5, 0.6) is 0 Å². The van der Waals surface area contributed by atoms with Crippen molar-refractivity contribution in [1.29, 1.82) is 0 Å². The minimum atomic E-state index is -0.643. The van der Waals surface area contributed by atoms with E-state index in [1.807, 2.05) is 6.07 Å². The van der Waals surface area contributed by atoms with Crippen molar-refractivity contribution >= 4 is 17.0 Å². The standard InChI is InChI=1S/C16H13N3O3/c1-2-22-16(21)13-10-19(11-5-3-7-17-9-11)15-12(14(13)20)6-4-8-18-15/h3-10H,2H2,1H3. The van der Waals surface area contributed by atoms with Gasteiger partial charge >= 0.3 is 5.97 Å². The molecule has 0 spiro atoms. The van der Waals surface area contributed by atoms with E-state index in [0.717, 1.165) is 0 Å². The number of nitrogens with zero attached hydrogens (tertiary/aromatic N) is 3. The number of pyridine rings is 3. The number of hydrogen-bond acceptors (Lipinski definition) is 5. The van der Waals surface area contributed by atoms with Gasteiger partial charge in [0.05, 0.1) is 23.9 Å². The van der Waals surface area contributed by atoms with Gasteiger partial charge in [-0.3, -0.25) is 14.3 Å². The van der Waals surface area contributed by atoms with Gasteiger partial charge in [-0.1, -0.05) is 0 Å². The second-order valence-corrected chi connectivity index (χ2v) is 4.55. The molecule has 0 aromatic carbocycles. The molecule has 0 atom stereocenters. The van der Waals surface area contributed by atoms with Gasteiger partial charge in [-0.2, -0.15) is 0 Å². The van der Waals surface area contributed by atoms with Crippen molar-refractivity contribution in [2.45, 2.75) is 6.92 Å². The van der Waals surface area contributed by atoms with Gasteiger partial charge in [0.1, 0.15) is 11.2 Å². The number of ether oxygens (including phenoxy) is 1. The summed E-state index contributed by atoms with van der Waals surface area (Å²) in [5.41, 5.74) is 0.762. The van der Waals surface area contributed by atoms with Crippen LogP contribution in [0.25, 0.3) is 16.7 Å². The first kappa shape index (κ1) is 13.9. The van der Waals surface area contributed by atoms with Gasteiger partial charge < -0.3 is 4.74 Å². The van der Waals surface area contributed by atoms with Crippen LogP contribution in [0, 0.1) is 0 Å². The summed E-state index contributed by atoms with van der Waals surface area (Å²) in [6.07, 6.45) is 6.33. The van der Waals surface area contributed by atoms with Gasteiger partial charge in [-0.05, 0) is 31.2 Å². The SMILES string of the molecule is CCOC(=O)c1cn(-c2cccnc2)c2ncccc2c1=O. The van der Waals surface area contributed by atoms with Crippen LogP contribution in [0.2, 0.25) is 0 Å². The molecule has 3 rings (SSSR count). The molecule has 0 aliphatic heterocycles. The Morgan fingerprint density at radius 2 is 2.09 bits per heavy atom. The normalized spacial score (nSPS) is 10.6. The highest BCUT2D eigenvalue weighted by Crippen LogP contribution is 2.15. The van der Waals surface area contributed by atoms with Gasteiger partial charge in [0, 0.05) is 18.6 Å². The van der Waals surface area contributed by atoms with Gasteiger partial charge in [-0.25, -0.2) is 9.78 Å². The number of carbonyl (C=O) groups is 1. The van der Waals surface area contributed by atoms with Gasteiger partial charge in [-0.15, -0.1) is 0 Å². The maximum absolute atomic E-state index is 12.5. The van der Waals surface area contributed by atoms with Crippen LogP contribution in [-0.4, -0.2) is 27.1 Å². The molecule has 6 heteroatoms. The van der Waals surface area contributed by atoms with Crippen LogP contribution >= 0.6 is 0 Å². The maximum Gasteiger partial charge on any atom is 0.343 e. The summed E-state index contributed by atoms with van der Waals surface area (Å²) in [7, 11) is 0. The van der Waals surface area contributed by atoms with E-state index in [1.54, 1.807) is 48.3 Å². The second kappa shape index (κ2) is 5.77. The minimum absolute atomic E-state index is 0.0220. The zero-order valence-corrected chi connectivity index (χ0v) is 11.9. The third kappa shape index (κ3) is 2.35. The summed E-state index contributed by atoms with van der Waals surface area (Å²) >= 11 is 0. The van der Waals surface area contributed by atoms with E-state index in [2.05, 4.69) is 9.97 Å². The first-order chi connectivity index (χ1) is 10.7. The number of aromatic nitrogens is 3. The van der Waals surface area contributed by atoms with E-state index in [9.17, 15) is 9.59 Å². The van der Waals surface area contributed by atoms with E-state index >= 15 is 0 Å². The van der Waals surface area contributed by atoms with Gasteiger partial charge in [0.25, 0.3) is 0 Å². The largest absolute Gasteiger partial charge is 0.462 e. The first-order valence-electron chi connectivity index (χ1n) is 6.80. The molecule has 0 amide bonds. The van der Waals surface area contributed by atoms with Crippen molar-refractivity contribution in [2.75, 3.05) is 6.61 Å². The summed E-state index contributed by atoms with van der Waals surface area (Å²) in [5.74, 6) is -0.643. The molecular weight excluding hydrogens is 282 g/mol. The number of rotatable bonds is 3. The molecule has 3 aromatic rings. The van der Waals surface area contributed by atoms with Crippen molar-refractivity contribution in [3.05, 3.63) is 64.8 Å². The lowest BCUT2D eigenvalue weighted by Crippen LogP contribution is -2.21.